The number of allylic oxidation sites excluding steroid dienone is 4. The molecule has 0 aromatic rings. The van der Waals surface area contributed by atoms with Crippen LogP contribution in [0.2, 0.25) is 0 Å². The highest BCUT2D eigenvalue weighted by Gasteiger charge is 2.29. The second kappa shape index (κ2) is 39.0. The van der Waals surface area contributed by atoms with E-state index in [2.05, 4.69) is 57.5 Å². The first-order valence-electron chi connectivity index (χ1n) is 28.3. The molecule has 3 amide bonds. The summed E-state index contributed by atoms with van der Waals surface area (Å²) in [5.41, 5.74) is 7.38. The van der Waals surface area contributed by atoms with Gasteiger partial charge < -0.3 is 34.9 Å². The Hall–Kier alpha value is -2.60. The molecule has 0 heterocycles. The van der Waals surface area contributed by atoms with Crippen molar-refractivity contribution >= 4 is 23.5 Å². The lowest BCUT2D eigenvalue weighted by Crippen LogP contribution is -2.33. The number of nitrogens with one attached hydrogen (secondary N) is 3. The average molecular weight is 972 g/mol. The van der Waals surface area contributed by atoms with Crippen LogP contribution in [0.25, 0.3) is 0 Å². The molecule has 0 spiro atoms. The maximum atomic E-state index is 13.4. The van der Waals surface area contributed by atoms with E-state index >= 15 is 0 Å². The second-order valence-corrected chi connectivity index (χ2v) is 21.7. The molecule has 11 nitrogen and oxygen atoms in total. The Balaban J connectivity index is 1.61. The molecule has 0 fully saturated rings. The van der Waals surface area contributed by atoms with Gasteiger partial charge in [0.2, 0.25) is 17.7 Å². The van der Waals surface area contributed by atoms with Crippen molar-refractivity contribution < 1.29 is 38.1 Å². The third-order valence-corrected chi connectivity index (χ3v) is 14.7. The van der Waals surface area contributed by atoms with Gasteiger partial charge in [-0.1, -0.05) is 108 Å². The molecule has 1 atom stereocenters. The van der Waals surface area contributed by atoms with Crippen molar-refractivity contribution in [3.05, 3.63) is 22.3 Å². The Morgan fingerprint density at radius 1 is 0.493 bits per heavy atom. The summed E-state index contributed by atoms with van der Waals surface area (Å²) >= 11 is 0. The molecule has 3 N–H and O–H groups in total. The van der Waals surface area contributed by atoms with Crippen LogP contribution in [0.1, 0.15) is 235 Å². The number of carbonyl (C=O) groups excluding carboxylic acids is 4. The highest BCUT2D eigenvalue weighted by molar-refractivity contribution is 5.86. The fourth-order valence-electron chi connectivity index (χ4n) is 10.5. The van der Waals surface area contributed by atoms with Crippen molar-refractivity contribution in [3.8, 4) is 0 Å². The van der Waals surface area contributed by atoms with E-state index in [0.717, 1.165) is 51.4 Å². The van der Waals surface area contributed by atoms with Crippen molar-refractivity contribution in [2.45, 2.75) is 235 Å². The summed E-state index contributed by atoms with van der Waals surface area (Å²) in [6, 6.07) is 0. The van der Waals surface area contributed by atoms with Crippen molar-refractivity contribution in [2.24, 2.45) is 16.7 Å². The zero-order chi connectivity index (χ0) is 50.4. The number of carbonyl (C=O) groups is 4. The minimum Gasteiger partial charge on any atom is -0.381 e. The van der Waals surface area contributed by atoms with Gasteiger partial charge in [-0.05, 0) is 134 Å². The van der Waals surface area contributed by atoms with Crippen LogP contribution in [-0.2, 0) is 38.1 Å². The van der Waals surface area contributed by atoms with Crippen molar-refractivity contribution in [1.29, 1.82) is 0 Å². The van der Waals surface area contributed by atoms with Crippen LogP contribution < -0.4 is 16.0 Å². The van der Waals surface area contributed by atoms with E-state index in [1.807, 2.05) is 6.92 Å². The molecule has 0 aliphatic heterocycles. The van der Waals surface area contributed by atoms with Gasteiger partial charge in [0.05, 0.1) is 33.0 Å². The molecule has 2 rings (SSSR count). The highest BCUT2D eigenvalue weighted by Crippen LogP contribution is 2.43. The standard InChI is InChI=1S/C58H105N3O8/c1-8-66-42-34-55(64)60-38-25-40-67-43-45-69-46-44-68-41-26-39-61-56(65)50(47-51(62)30-17-13-9-10-14-18-31-52-48(2)27-23-35-57(52,4)5)29-21-22-37-59-54(63)33-20-16-12-11-15-19-32-53-49(3)28-24-36-58(53,6)7/h50H,8-47H2,1-7H3,(H,59,63)(H,60,64)(H,61,65)/t50-/m1/s1. The molecule has 0 saturated heterocycles. The number of hydrogen-bond acceptors (Lipinski definition) is 8. The Kier molecular flexibility index (Phi) is 35.3. The molecule has 0 aromatic heterocycles. The van der Waals surface area contributed by atoms with Crippen molar-refractivity contribution in [1.82, 2.24) is 16.0 Å². The first-order chi connectivity index (χ1) is 33.3. The average Bonchev–Trinajstić information content (AvgIpc) is 3.30. The minimum atomic E-state index is -0.356. The number of ketones is 1. The van der Waals surface area contributed by atoms with Crippen LogP contribution in [0.4, 0.5) is 0 Å². The first kappa shape index (κ1) is 62.5. The second-order valence-electron chi connectivity index (χ2n) is 21.7. The fourth-order valence-corrected chi connectivity index (χ4v) is 10.5. The lowest BCUT2D eigenvalue weighted by atomic mass is 9.71. The predicted octanol–water partition coefficient (Wildman–Crippen LogP) is 12.6. The van der Waals surface area contributed by atoms with E-state index in [1.165, 1.54) is 96.3 Å². The number of hydrogen-bond donors (Lipinski definition) is 3. The summed E-state index contributed by atoms with van der Waals surface area (Å²) in [4.78, 5) is 50.9. The molecule has 2 aliphatic rings. The van der Waals surface area contributed by atoms with Gasteiger partial charge in [0, 0.05) is 71.1 Å². The summed E-state index contributed by atoms with van der Waals surface area (Å²) in [5.74, 6) is -0.127. The summed E-state index contributed by atoms with van der Waals surface area (Å²) in [5, 5.41) is 9.03. The van der Waals surface area contributed by atoms with Gasteiger partial charge in [-0.2, -0.15) is 0 Å². The van der Waals surface area contributed by atoms with Gasteiger partial charge >= 0.3 is 0 Å². The summed E-state index contributed by atoms with van der Waals surface area (Å²) in [6.07, 6.45) is 29.5. The molecule has 0 bridgehead atoms. The Labute approximate surface area is 422 Å². The topological polar surface area (TPSA) is 141 Å². The Morgan fingerprint density at radius 2 is 0.942 bits per heavy atom. The lowest BCUT2D eigenvalue weighted by molar-refractivity contribution is -0.129. The van der Waals surface area contributed by atoms with E-state index in [0.29, 0.717) is 115 Å². The number of rotatable bonds is 44. The highest BCUT2D eigenvalue weighted by atomic mass is 16.5. The van der Waals surface area contributed by atoms with Crippen molar-refractivity contribution in [3.63, 3.8) is 0 Å². The van der Waals surface area contributed by atoms with Crippen LogP contribution in [0, 0.1) is 16.7 Å². The van der Waals surface area contributed by atoms with Gasteiger partial charge in [-0.25, -0.2) is 0 Å². The molecular formula is C58H105N3O8. The van der Waals surface area contributed by atoms with Gasteiger partial charge in [0.1, 0.15) is 5.78 Å². The van der Waals surface area contributed by atoms with Gasteiger partial charge in [-0.3, -0.25) is 19.2 Å². The molecule has 400 valence electrons. The van der Waals surface area contributed by atoms with Crippen LogP contribution in [0.5, 0.6) is 0 Å². The van der Waals surface area contributed by atoms with Gasteiger partial charge in [0.25, 0.3) is 0 Å². The molecule has 11 heteroatoms. The summed E-state index contributed by atoms with van der Waals surface area (Å²) in [7, 11) is 0. The van der Waals surface area contributed by atoms with E-state index < -0.39 is 0 Å². The quantitative estimate of drug-likeness (QED) is 0.0405. The molecule has 2 aliphatic carbocycles. The van der Waals surface area contributed by atoms with E-state index in [-0.39, 0.29) is 35.8 Å². The summed E-state index contributed by atoms with van der Waals surface area (Å²) in [6.45, 7) is 21.9. The SMILES string of the molecule is CCOCCC(=O)NCCCOCCOCCOCCCNC(=O)[C@H](CCCCNC(=O)CCCCCCCCC1=C(C)CCCC1(C)C)CC(=O)CCCCCCCCC1=C(C)CCCC1(C)C. The number of unbranched alkanes of at least 4 members (excludes halogenated alkanes) is 11. The van der Waals surface area contributed by atoms with Crippen LogP contribution in [-0.4, -0.2) is 96.0 Å². The van der Waals surface area contributed by atoms with E-state index in [9.17, 15) is 19.2 Å². The zero-order valence-electron chi connectivity index (χ0n) is 45.6. The Morgan fingerprint density at radius 3 is 1.46 bits per heavy atom. The smallest absolute Gasteiger partial charge is 0.223 e. The molecular weight excluding hydrogens is 867 g/mol. The number of ether oxygens (including phenoxy) is 4. The first-order valence-corrected chi connectivity index (χ1v) is 28.3. The Bertz CT molecular complexity index is 1470. The molecule has 0 radical (unpaired) electrons. The fraction of sp³-hybridized carbons (Fsp3) is 0.862. The number of Topliss-reactive ketones (excluding diaryl/α,β-unsaturated/α-hetero) is 1. The molecule has 0 saturated carbocycles. The van der Waals surface area contributed by atoms with Crippen LogP contribution in [0.3, 0.4) is 0 Å². The predicted molar refractivity (Wildman–Crippen MR) is 283 cm³/mol. The van der Waals surface area contributed by atoms with Crippen LogP contribution in [0.15, 0.2) is 22.3 Å². The minimum absolute atomic E-state index is 0.00605. The molecule has 69 heavy (non-hydrogen) atoms. The maximum Gasteiger partial charge on any atom is 0.223 e. The van der Waals surface area contributed by atoms with Gasteiger partial charge in [-0.15, -0.1) is 0 Å². The van der Waals surface area contributed by atoms with E-state index in [1.54, 1.807) is 22.3 Å². The van der Waals surface area contributed by atoms with E-state index in [4.69, 9.17) is 18.9 Å². The largest absolute Gasteiger partial charge is 0.381 e. The summed E-state index contributed by atoms with van der Waals surface area (Å²) < 4.78 is 22.1. The normalized spacial score (nSPS) is 16.2. The molecule has 0 unspecified atom stereocenters. The van der Waals surface area contributed by atoms with Crippen LogP contribution >= 0.6 is 0 Å². The zero-order valence-corrected chi connectivity index (χ0v) is 45.6. The third-order valence-electron chi connectivity index (χ3n) is 14.7. The third kappa shape index (κ3) is 30.8. The van der Waals surface area contributed by atoms with Gasteiger partial charge in [0.15, 0.2) is 0 Å². The lowest BCUT2D eigenvalue weighted by Gasteiger charge is -2.34. The monoisotopic (exact) mass is 972 g/mol. The maximum absolute atomic E-state index is 13.4. The van der Waals surface area contributed by atoms with Crippen molar-refractivity contribution in [2.75, 3.05) is 72.5 Å². The number of amides is 3. The molecule has 0 aromatic carbocycles.